The normalized spacial score (nSPS) is 10.4. The molecule has 1 N–H and O–H groups in total. The number of hydrogen-bond donors (Lipinski definition) is 1. The second-order valence-corrected chi connectivity index (χ2v) is 3.88. The molecule has 5 nitrogen and oxygen atoms in total. The molecule has 5 heteroatoms. The number of ether oxygens (including phenoxy) is 1. The first-order valence-electron chi connectivity index (χ1n) is 5.65. The van der Waals surface area contributed by atoms with Crippen molar-refractivity contribution in [2.24, 2.45) is 0 Å². The van der Waals surface area contributed by atoms with Crippen molar-refractivity contribution in [2.75, 3.05) is 39.1 Å². The van der Waals surface area contributed by atoms with Crippen LogP contribution in [0, 0.1) is 0 Å². The molecule has 0 aliphatic heterocycles. The lowest BCUT2D eigenvalue weighted by molar-refractivity contribution is 0.0526. The number of hydrogen-bond acceptors (Lipinski definition) is 5. The number of carbonyl (C=O) groups excluding carboxylic acids is 1. The van der Waals surface area contributed by atoms with E-state index in [0.717, 1.165) is 18.9 Å². The fourth-order valence-electron chi connectivity index (χ4n) is 1.24. The van der Waals surface area contributed by atoms with E-state index < -0.39 is 0 Å². The van der Waals surface area contributed by atoms with Crippen LogP contribution in [0.4, 0.5) is 5.82 Å². The van der Waals surface area contributed by atoms with Crippen molar-refractivity contribution >= 4 is 11.8 Å². The van der Waals surface area contributed by atoms with Gasteiger partial charge in [0.2, 0.25) is 0 Å². The van der Waals surface area contributed by atoms with Gasteiger partial charge in [0, 0.05) is 19.3 Å². The summed E-state index contributed by atoms with van der Waals surface area (Å²) >= 11 is 0. The molecule has 0 amide bonds. The molecule has 0 atom stereocenters. The molecule has 0 aromatic carbocycles. The Bertz CT molecular complexity index is 349. The lowest BCUT2D eigenvalue weighted by Crippen LogP contribution is -2.21. The molecule has 0 unspecified atom stereocenters. The molecule has 0 saturated carbocycles. The molecule has 1 heterocycles. The fraction of sp³-hybridized carbons (Fsp3) is 0.500. The Labute approximate surface area is 102 Å². The van der Waals surface area contributed by atoms with E-state index in [1.807, 2.05) is 14.1 Å². The molecule has 1 rings (SSSR count). The van der Waals surface area contributed by atoms with E-state index in [1.165, 1.54) is 6.20 Å². The van der Waals surface area contributed by atoms with Gasteiger partial charge in [0.05, 0.1) is 12.2 Å². The van der Waals surface area contributed by atoms with Crippen molar-refractivity contribution in [3.63, 3.8) is 0 Å². The Morgan fingerprint density at radius 3 is 2.76 bits per heavy atom. The van der Waals surface area contributed by atoms with Crippen LogP contribution in [0.5, 0.6) is 0 Å². The maximum Gasteiger partial charge on any atom is 0.339 e. The zero-order valence-corrected chi connectivity index (χ0v) is 10.6. The van der Waals surface area contributed by atoms with Gasteiger partial charge in [-0.15, -0.1) is 0 Å². The zero-order chi connectivity index (χ0) is 12.7. The third kappa shape index (κ3) is 4.82. The molecule has 17 heavy (non-hydrogen) atoms. The standard InChI is InChI=1S/C12H19N3O2/c1-4-17-12(16)10-5-6-11(14-9-10)13-7-8-15(2)3/h5-6,9H,4,7-8H2,1-3H3,(H,13,14). The monoisotopic (exact) mass is 237 g/mol. The number of esters is 1. The number of anilines is 1. The van der Waals surface area contributed by atoms with Crippen LogP contribution < -0.4 is 5.32 Å². The highest BCUT2D eigenvalue weighted by molar-refractivity contribution is 5.89. The van der Waals surface area contributed by atoms with E-state index in [1.54, 1.807) is 19.1 Å². The van der Waals surface area contributed by atoms with Gasteiger partial charge in [0.25, 0.3) is 0 Å². The minimum Gasteiger partial charge on any atom is -0.462 e. The summed E-state index contributed by atoms with van der Waals surface area (Å²) in [5, 5.41) is 3.17. The minimum atomic E-state index is -0.333. The van der Waals surface area contributed by atoms with Gasteiger partial charge < -0.3 is 15.0 Å². The second-order valence-electron chi connectivity index (χ2n) is 3.88. The first-order chi connectivity index (χ1) is 8.13. The Morgan fingerprint density at radius 1 is 1.47 bits per heavy atom. The molecule has 0 fully saturated rings. The summed E-state index contributed by atoms with van der Waals surface area (Å²) in [6.45, 7) is 3.91. The minimum absolute atomic E-state index is 0.333. The van der Waals surface area contributed by atoms with Crippen LogP contribution in [0.25, 0.3) is 0 Å². The molecular weight excluding hydrogens is 218 g/mol. The van der Waals surface area contributed by atoms with Gasteiger partial charge in [-0.1, -0.05) is 0 Å². The van der Waals surface area contributed by atoms with Gasteiger partial charge in [-0.25, -0.2) is 9.78 Å². The van der Waals surface area contributed by atoms with Crippen molar-refractivity contribution in [2.45, 2.75) is 6.92 Å². The highest BCUT2D eigenvalue weighted by Crippen LogP contribution is 2.06. The van der Waals surface area contributed by atoms with Crippen LogP contribution in [0.3, 0.4) is 0 Å². The number of rotatable bonds is 6. The molecule has 0 bridgehead atoms. The fourth-order valence-corrected chi connectivity index (χ4v) is 1.24. The lowest BCUT2D eigenvalue weighted by atomic mass is 10.3. The van der Waals surface area contributed by atoms with Crippen molar-refractivity contribution < 1.29 is 9.53 Å². The van der Waals surface area contributed by atoms with Crippen molar-refractivity contribution in [1.29, 1.82) is 0 Å². The topological polar surface area (TPSA) is 54.5 Å². The smallest absolute Gasteiger partial charge is 0.339 e. The van der Waals surface area contributed by atoms with E-state index in [-0.39, 0.29) is 5.97 Å². The average Bonchev–Trinajstić information content (AvgIpc) is 2.30. The Kier molecular flexibility index (Phi) is 5.42. The molecule has 1 aromatic rings. The summed E-state index contributed by atoms with van der Waals surface area (Å²) in [5.74, 6) is 0.430. The van der Waals surface area contributed by atoms with E-state index in [9.17, 15) is 4.79 Å². The number of pyridine rings is 1. The number of carbonyl (C=O) groups is 1. The molecule has 1 aromatic heterocycles. The first-order valence-corrected chi connectivity index (χ1v) is 5.65. The Hall–Kier alpha value is -1.62. The summed E-state index contributed by atoms with van der Waals surface area (Å²) in [6, 6.07) is 3.49. The predicted octanol–water partition coefficient (Wildman–Crippen LogP) is 1.23. The maximum atomic E-state index is 11.4. The van der Waals surface area contributed by atoms with Crippen LogP contribution in [-0.4, -0.2) is 49.6 Å². The van der Waals surface area contributed by atoms with Crippen LogP contribution in [0.1, 0.15) is 17.3 Å². The van der Waals surface area contributed by atoms with Gasteiger partial charge in [0.1, 0.15) is 5.82 Å². The number of nitrogens with one attached hydrogen (secondary N) is 1. The maximum absolute atomic E-state index is 11.4. The highest BCUT2D eigenvalue weighted by atomic mass is 16.5. The van der Waals surface area contributed by atoms with Crippen LogP contribution >= 0.6 is 0 Å². The lowest BCUT2D eigenvalue weighted by Gasteiger charge is -2.10. The number of likely N-dealkylation sites (N-methyl/N-ethyl adjacent to an activating group) is 1. The van der Waals surface area contributed by atoms with Gasteiger partial charge in [-0.05, 0) is 33.2 Å². The van der Waals surface area contributed by atoms with Crippen LogP contribution in [-0.2, 0) is 4.74 Å². The predicted molar refractivity (Wildman–Crippen MR) is 67.2 cm³/mol. The van der Waals surface area contributed by atoms with Crippen molar-refractivity contribution in [3.05, 3.63) is 23.9 Å². The summed E-state index contributed by atoms with van der Waals surface area (Å²) in [7, 11) is 4.03. The van der Waals surface area contributed by atoms with Crippen molar-refractivity contribution in [1.82, 2.24) is 9.88 Å². The third-order valence-corrected chi connectivity index (χ3v) is 2.14. The largest absolute Gasteiger partial charge is 0.462 e. The van der Waals surface area contributed by atoms with Gasteiger partial charge >= 0.3 is 5.97 Å². The quantitative estimate of drug-likeness (QED) is 0.754. The molecule has 0 spiro atoms. The molecular formula is C12H19N3O2. The third-order valence-electron chi connectivity index (χ3n) is 2.14. The number of nitrogens with zero attached hydrogens (tertiary/aromatic N) is 2. The average molecular weight is 237 g/mol. The highest BCUT2D eigenvalue weighted by Gasteiger charge is 2.06. The van der Waals surface area contributed by atoms with Crippen LogP contribution in [0.2, 0.25) is 0 Å². The number of aromatic nitrogens is 1. The Morgan fingerprint density at radius 2 is 2.24 bits per heavy atom. The summed E-state index contributed by atoms with van der Waals surface area (Å²) in [5.41, 5.74) is 0.477. The van der Waals surface area contributed by atoms with E-state index >= 15 is 0 Å². The first kappa shape index (κ1) is 13.4. The summed E-state index contributed by atoms with van der Waals surface area (Å²) in [6.07, 6.45) is 1.52. The van der Waals surface area contributed by atoms with Gasteiger partial charge in [0.15, 0.2) is 0 Å². The van der Waals surface area contributed by atoms with E-state index in [2.05, 4.69) is 15.2 Å². The molecule has 94 valence electrons. The van der Waals surface area contributed by atoms with Gasteiger partial charge in [-0.2, -0.15) is 0 Å². The summed E-state index contributed by atoms with van der Waals surface area (Å²) < 4.78 is 4.87. The molecule has 0 aliphatic carbocycles. The van der Waals surface area contributed by atoms with E-state index in [4.69, 9.17) is 4.74 Å². The molecule has 0 radical (unpaired) electrons. The van der Waals surface area contributed by atoms with Crippen LogP contribution in [0.15, 0.2) is 18.3 Å². The summed E-state index contributed by atoms with van der Waals surface area (Å²) in [4.78, 5) is 17.6. The SMILES string of the molecule is CCOC(=O)c1ccc(NCCN(C)C)nc1. The second kappa shape index (κ2) is 6.85. The molecule has 0 aliphatic rings. The zero-order valence-electron chi connectivity index (χ0n) is 10.6. The van der Waals surface area contributed by atoms with E-state index in [0.29, 0.717) is 12.2 Å². The van der Waals surface area contributed by atoms with Gasteiger partial charge in [-0.3, -0.25) is 0 Å². The molecule has 0 saturated heterocycles. The Balaban J connectivity index is 2.47. The van der Waals surface area contributed by atoms with Crippen molar-refractivity contribution in [3.8, 4) is 0 Å².